The van der Waals surface area contributed by atoms with Crippen LogP contribution in [0.15, 0.2) is 64.8 Å². The summed E-state index contributed by atoms with van der Waals surface area (Å²) in [7, 11) is 0. The average molecular weight is 305 g/mol. The molecule has 4 heteroatoms. The van der Waals surface area contributed by atoms with Crippen molar-refractivity contribution in [2.75, 3.05) is 11.9 Å². The molecule has 3 nitrogen and oxygen atoms in total. The van der Waals surface area contributed by atoms with E-state index in [0.29, 0.717) is 6.61 Å². The van der Waals surface area contributed by atoms with Gasteiger partial charge in [-0.2, -0.15) is 5.11 Å². The smallest absolute Gasteiger partial charge is 0.146 e. The second kappa shape index (κ2) is 6.91. The minimum atomic E-state index is 0.609. The van der Waals surface area contributed by atoms with E-state index in [0.717, 1.165) is 22.5 Å². The lowest BCUT2D eigenvalue weighted by Gasteiger charge is -2.05. The number of rotatable bonds is 5. The minimum Gasteiger partial charge on any atom is -0.490 e. The minimum absolute atomic E-state index is 0.609. The number of ether oxygens (including phenoxy) is 1. The molecule has 18 heavy (non-hydrogen) atoms. The van der Waals surface area contributed by atoms with E-state index in [2.05, 4.69) is 26.2 Å². The zero-order valence-electron chi connectivity index (χ0n) is 9.79. The Kier molecular flexibility index (Phi) is 4.90. The van der Waals surface area contributed by atoms with E-state index in [1.807, 2.05) is 54.6 Å². The van der Waals surface area contributed by atoms with Crippen LogP contribution >= 0.6 is 15.9 Å². The zero-order chi connectivity index (χ0) is 12.6. The van der Waals surface area contributed by atoms with Gasteiger partial charge >= 0.3 is 0 Å². The van der Waals surface area contributed by atoms with Gasteiger partial charge in [0.25, 0.3) is 0 Å². The molecule has 0 aliphatic carbocycles. The topological polar surface area (TPSA) is 34.0 Å². The van der Waals surface area contributed by atoms with Crippen molar-refractivity contribution in [2.24, 2.45) is 10.2 Å². The van der Waals surface area contributed by atoms with Gasteiger partial charge in [-0.05, 0) is 24.3 Å². The predicted molar refractivity (Wildman–Crippen MR) is 76.3 cm³/mol. The van der Waals surface area contributed by atoms with E-state index in [1.54, 1.807) is 0 Å². The molecule has 0 heterocycles. The molecule has 0 aliphatic rings. The van der Waals surface area contributed by atoms with Gasteiger partial charge in [-0.25, -0.2) is 0 Å². The fourth-order valence-corrected chi connectivity index (χ4v) is 1.58. The SMILES string of the molecule is BrCCOc1ccccc1N=Nc1ccccc1. The van der Waals surface area contributed by atoms with Gasteiger partial charge in [-0.15, -0.1) is 5.11 Å². The van der Waals surface area contributed by atoms with Gasteiger partial charge in [-0.1, -0.05) is 46.3 Å². The molecule has 0 aliphatic heterocycles. The molecule has 2 aromatic carbocycles. The van der Waals surface area contributed by atoms with Crippen molar-refractivity contribution < 1.29 is 4.74 Å². The summed E-state index contributed by atoms with van der Waals surface area (Å²) >= 11 is 3.33. The van der Waals surface area contributed by atoms with Gasteiger partial charge < -0.3 is 4.74 Å². The fraction of sp³-hybridized carbons (Fsp3) is 0.143. The maximum Gasteiger partial charge on any atom is 0.146 e. The van der Waals surface area contributed by atoms with Gasteiger partial charge in [0.15, 0.2) is 0 Å². The lowest BCUT2D eigenvalue weighted by atomic mass is 10.3. The molecule has 0 N–H and O–H groups in total. The first-order chi connectivity index (χ1) is 8.90. The van der Waals surface area contributed by atoms with Crippen LogP contribution < -0.4 is 4.74 Å². The molecule has 0 aromatic heterocycles. The molecule has 0 unspecified atom stereocenters. The molecular formula is C14H13BrN2O. The number of hydrogen-bond donors (Lipinski definition) is 0. The average Bonchev–Trinajstić information content (AvgIpc) is 2.45. The molecule has 92 valence electrons. The summed E-state index contributed by atoms with van der Waals surface area (Å²) in [5.74, 6) is 0.747. The van der Waals surface area contributed by atoms with Crippen LogP contribution in [0.2, 0.25) is 0 Å². The van der Waals surface area contributed by atoms with E-state index in [-0.39, 0.29) is 0 Å². The van der Waals surface area contributed by atoms with Crippen LogP contribution in [0, 0.1) is 0 Å². The summed E-state index contributed by atoms with van der Waals surface area (Å²) in [6.07, 6.45) is 0. The highest BCUT2D eigenvalue weighted by atomic mass is 79.9. The number of azo groups is 1. The van der Waals surface area contributed by atoms with Crippen molar-refractivity contribution in [3.63, 3.8) is 0 Å². The molecule has 0 saturated carbocycles. The highest BCUT2D eigenvalue weighted by Crippen LogP contribution is 2.28. The molecule has 2 rings (SSSR count). The van der Waals surface area contributed by atoms with Crippen LogP contribution in [-0.2, 0) is 0 Å². The second-order valence-corrected chi connectivity index (χ2v) is 4.33. The van der Waals surface area contributed by atoms with E-state index < -0.39 is 0 Å². The number of halogens is 1. The van der Waals surface area contributed by atoms with Gasteiger partial charge in [0.05, 0.1) is 12.3 Å². The van der Waals surface area contributed by atoms with Crippen molar-refractivity contribution in [1.29, 1.82) is 0 Å². The van der Waals surface area contributed by atoms with Crippen LogP contribution in [0.25, 0.3) is 0 Å². The van der Waals surface area contributed by atoms with E-state index >= 15 is 0 Å². The molecule has 0 spiro atoms. The Bertz CT molecular complexity index is 514. The monoisotopic (exact) mass is 304 g/mol. The quantitative estimate of drug-likeness (QED) is 0.573. The van der Waals surface area contributed by atoms with Crippen molar-refractivity contribution in [3.05, 3.63) is 54.6 Å². The Morgan fingerprint density at radius 2 is 1.61 bits per heavy atom. The molecule has 0 radical (unpaired) electrons. The summed E-state index contributed by atoms with van der Waals surface area (Å²) in [5, 5.41) is 9.18. The van der Waals surface area contributed by atoms with Crippen LogP contribution in [0.5, 0.6) is 5.75 Å². The third-order valence-corrected chi connectivity index (χ3v) is 2.55. The molecular weight excluding hydrogens is 292 g/mol. The Balaban J connectivity index is 2.15. The number of nitrogens with zero attached hydrogens (tertiary/aromatic N) is 2. The van der Waals surface area contributed by atoms with E-state index in [1.165, 1.54) is 0 Å². The van der Waals surface area contributed by atoms with E-state index in [9.17, 15) is 0 Å². The number of alkyl halides is 1. The molecule has 0 bridgehead atoms. The summed E-state index contributed by atoms with van der Waals surface area (Å²) in [4.78, 5) is 0. The standard InChI is InChI=1S/C14H13BrN2O/c15-10-11-18-14-9-5-4-8-13(14)17-16-12-6-2-1-3-7-12/h1-9H,10-11H2. The molecule has 0 atom stereocenters. The highest BCUT2D eigenvalue weighted by Gasteiger charge is 2.00. The van der Waals surface area contributed by atoms with Crippen molar-refractivity contribution >= 4 is 27.3 Å². The number of para-hydroxylation sites is 1. The molecule has 0 fully saturated rings. The van der Waals surface area contributed by atoms with E-state index in [4.69, 9.17) is 4.74 Å². The Hall–Kier alpha value is -1.68. The summed E-state index contributed by atoms with van der Waals surface area (Å²) in [5.41, 5.74) is 1.56. The summed E-state index contributed by atoms with van der Waals surface area (Å²) < 4.78 is 5.57. The molecule has 0 saturated heterocycles. The maximum absolute atomic E-state index is 5.57. The van der Waals surface area contributed by atoms with Crippen LogP contribution in [0.4, 0.5) is 11.4 Å². The normalized spacial score (nSPS) is 10.7. The van der Waals surface area contributed by atoms with Gasteiger partial charge in [-0.3, -0.25) is 0 Å². The van der Waals surface area contributed by atoms with Gasteiger partial charge in [0, 0.05) is 5.33 Å². The molecule has 2 aromatic rings. The number of benzene rings is 2. The summed E-state index contributed by atoms with van der Waals surface area (Å²) in [6.45, 7) is 0.609. The molecule has 0 amide bonds. The Morgan fingerprint density at radius 1 is 0.889 bits per heavy atom. The highest BCUT2D eigenvalue weighted by molar-refractivity contribution is 9.09. The first kappa shape index (κ1) is 12.8. The zero-order valence-corrected chi connectivity index (χ0v) is 11.4. The van der Waals surface area contributed by atoms with Crippen LogP contribution in [0.3, 0.4) is 0 Å². The first-order valence-corrected chi connectivity index (χ1v) is 6.77. The second-order valence-electron chi connectivity index (χ2n) is 3.54. The van der Waals surface area contributed by atoms with Crippen LogP contribution in [-0.4, -0.2) is 11.9 Å². The fourth-order valence-electron chi connectivity index (χ4n) is 1.42. The third kappa shape index (κ3) is 3.67. The maximum atomic E-state index is 5.57. The first-order valence-electron chi connectivity index (χ1n) is 5.65. The van der Waals surface area contributed by atoms with Crippen molar-refractivity contribution in [3.8, 4) is 5.75 Å². The third-order valence-electron chi connectivity index (χ3n) is 2.23. The van der Waals surface area contributed by atoms with Crippen molar-refractivity contribution in [2.45, 2.75) is 0 Å². The lowest BCUT2D eigenvalue weighted by molar-refractivity contribution is 0.346. The Morgan fingerprint density at radius 3 is 2.39 bits per heavy atom. The summed E-state index contributed by atoms with van der Waals surface area (Å²) in [6, 6.07) is 17.2. The largest absolute Gasteiger partial charge is 0.490 e. The van der Waals surface area contributed by atoms with Crippen molar-refractivity contribution in [1.82, 2.24) is 0 Å². The van der Waals surface area contributed by atoms with Crippen LogP contribution in [0.1, 0.15) is 0 Å². The Labute approximate surface area is 115 Å². The predicted octanol–water partition coefficient (Wildman–Crippen LogP) is 4.88. The lowest BCUT2D eigenvalue weighted by Crippen LogP contribution is -1.97. The van der Waals surface area contributed by atoms with Gasteiger partial charge in [0.2, 0.25) is 0 Å². The van der Waals surface area contributed by atoms with Gasteiger partial charge in [0.1, 0.15) is 11.4 Å². The number of hydrogen-bond acceptors (Lipinski definition) is 3.